The number of hydrogen-bond donors (Lipinski definition) is 2. The van der Waals surface area contributed by atoms with Gasteiger partial charge in [0.15, 0.2) is 0 Å². The summed E-state index contributed by atoms with van der Waals surface area (Å²) < 4.78 is 4.88. The van der Waals surface area contributed by atoms with E-state index in [0.29, 0.717) is 18.0 Å². The first-order valence-electron chi connectivity index (χ1n) is 7.60. The zero-order chi connectivity index (χ0) is 16.8. The van der Waals surface area contributed by atoms with Crippen LogP contribution in [0.1, 0.15) is 18.1 Å². The molecule has 23 heavy (non-hydrogen) atoms. The van der Waals surface area contributed by atoms with Gasteiger partial charge in [0.2, 0.25) is 0 Å². The third kappa shape index (κ3) is 4.16. The van der Waals surface area contributed by atoms with E-state index < -0.39 is 6.09 Å². The smallest absolute Gasteiger partial charge is 0.411 e. The molecule has 0 fully saturated rings. The van der Waals surface area contributed by atoms with E-state index in [9.17, 15) is 4.79 Å². The number of amides is 1. The minimum Gasteiger partial charge on any atom is -0.450 e. The van der Waals surface area contributed by atoms with Crippen LogP contribution in [-0.2, 0) is 11.3 Å². The molecule has 0 heterocycles. The highest BCUT2D eigenvalue weighted by Gasteiger charge is 2.13. The first-order valence-corrected chi connectivity index (χ1v) is 7.60. The summed E-state index contributed by atoms with van der Waals surface area (Å²) in [6.07, 6.45) is -0.496. The van der Waals surface area contributed by atoms with Gasteiger partial charge in [0.05, 0.1) is 18.0 Å². The van der Waals surface area contributed by atoms with E-state index in [-0.39, 0.29) is 0 Å². The number of benzene rings is 2. The van der Waals surface area contributed by atoms with Gasteiger partial charge in [-0.3, -0.25) is 5.32 Å². The van der Waals surface area contributed by atoms with Crippen LogP contribution in [-0.4, -0.2) is 19.7 Å². The second-order valence-electron chi connectivity index (χ2n) is 5.36. The molecule has 2 aromatic rings. The van der Waals surface area contributed by atoms with Gasteiger partial charge >= 0.3 is 6.09 Å². The second kappa shape index (κ2) is 7.54. The lowest BCUT2D eigenvalue weighted by Gasteiger charge is -2.23. The van der Waals surface area contributed by atoms with Gasteiger partial charge in [-0.2, -0.15) is 0 Å². The summed E-state index contributed by atoms with van der Waals surface area (Å²) in [5.41, 5.74) is 10.5. The molecule has 0 atom stereocenters. The summed E-state index contributed by atoms with van der Waals surface area (Å²) in [6, 6.07) is 14.0. The zero-order valence-electron chi connectivity index (χ0n) is 13.8. The number of carbonyl (C=O) groups excluding carboxylic acids is 1. The summed E-state index contributed by atoms with van der Waals surface area (Å²) in [7, 11) is 2.02. The monoisotopic (exact) mass is 313 g/mol. The molecule has 0 aliphatic rings. The molecule has 0 unspecified atom stereocenters. The molecule has 1 amide bonds. The number of nitrogen functional groups attached to an aromatic ring is 1. The number of nitrogens with one attached hydrogen (secondary N) is 1. The van der Waals surface area contributed by atoms with Crippen molar-refractivity contribution in [3.05, 3.63) is 53.6 Å². The van der Waals surface area contributed by atoms with Crippen molar-refractivity contribution in [2.24, 2.45) is 0 Å². The van der Waals surface area contributed by atoms with Gasteiger partial charge in [0, 0.05) is 19.3 Å². The first kappa shape index (κ1) is 16.7. The number of nitrogens with two attached hydrogens (primary N) is 1. The van der Waals surface area contributed by atoms with Gasteiger partial charge in [-0.15, -0.1) is 0 Å². The lowest BCUT2D eigenvalue weighted by Crippen LogP contribution is -2.19. The quantitative estimate of drug-likeness (QED) is 0.824. The molecule has 0 aliphatic heterocycles. The molecule has 2 aromatic carbocycles. The number of anilines is 3. The van der Waals surface area contributed by atoms with Crippen LogP contribution in [0.15, 0.2) is 42.5 Å². The van der Waals surface area contributed by atoms with Crippen molar-refractivity contribution in [2.45, 2.75) is 20.4 Å². The highest BCUT2D eigenvalue weighted by molar-refractivity contribution is 5.91. The van der Waals surface area contributed by atoms with E-state index in [2.05, 4.69) is 22.3 Å². The molecule has 0 spiro atoms. The van der Waals surface area contributed by atoms with Crippen LogP contribution >= 0.6 is 0 Å². The van der Waals surface area contributed by atoms with Crippen LogP contribution in [0.4, 0.5) is 21.9 Å². The number of nitrogens with zero attached hydrogens (tertiary/aromatic N) is 1. The average Bonchev–Trinajstić information content (AvgIpc) is 2.53. The molecule has 0 aromatic heterocycles. The summed E-state index contributed by atoms with van der Waals surface area (Å²) in [4.78, 5) is 13.7. The summed E-state index contributed by atoms with van der Waals surface area (Å²) in [5.74, 6) is 0. The van der Waals surface area contributed by atoms with Crippen molar-refractivity contribution >= 4 is 23.2 Å². The Morgan fingerprint density at radius 1 is 1.22 bits per heavy atom. The van der Waals surface area contributed by atoms with Crippen LogP contribution < -0.4 is 16.0 Å². The maximum atomic E-state index is 11.5. The van der Waals surface area contributed by atoms with Crippen LogP contribution in [0.3, 0.4) is 0 Å². The zero-order valence-corrected chi connectivity index (χ0v) is 13.8. The van der Waals surface area contributed by atoms with Gasteiger partial charge in [-0.25, -0.2) is 4.79 Å². The molecule has 0 aliphatic carbocycles. The molecule has 3 N–H and O–H groups in total. The van der Waals surface area contributed by atoms with E-state index in [0.717, 1.165) is 17.8 Å². The Bertz CT molecular complexity index is 671. The van der Waals surface area contributed by atoms with E-state index >= 15 is 0 Å². The molecule has 2 rings (SSSR count). The van der Waals surface area contributed by atoms with Gasteiger partial charge in [0.25, 0.3) is 0 Å². The van der Waals surface area contributed by atoms with Crippen molar-refractivity contribution in [1.82, 2.24) is 0 Å². The highest BCUT2D eigenvalue weighted by Crippen LogP contribution is 2.31. The SMILES string of the molecule is CCOC(=O)Nc1ccc(N(C)Cc2ccccc2)c(C)c1N. The van der Waals surface area contributed by atoms with Gasteiger partial charge < -0.3 is 15.4 Å². The highest BCUT2D eigenvalue weighted by atomic mass is 16.5. The Kier molecular flexibility index (Phi) is 5.46. The van der Waals surface area contributed by atoms with Crippen LogP contribution in [0, 0.1) is 6.92 Å². The number of ether oxygens (including phenoxy) is 1. The fraction of sp³-hybridized carbons (Fsp3) is 0.278. The van der Waals surface area contributed by atoms with Crippen molar-refractivity contribution in [3.63, 3.8) is 0 Å². The van der Waals surface area contributed by atoms with E-state index in [1.54, 1.807) is 13.0 Å². The topological polar surface area (TPSA) is 67.6 Å². The van der Waals surface area contributed by atoms with Crippen molar-refractivity contribution in [2.75, 3.05) is 29.6 Å². The average molecular weight is 313 g/mol. The third-order valence-electron chi connectivity index (χ3n) is 3.67. The third-order valence-corrected chi connectivity index (χ3v) is 3.67. The maximum absolute atomic E-state index is 11.5. The van der Waals surface area contributed by atoms with E-state index in [4.69, 9.17) is 10.5 Å². The lowest BCUT2D eigenvalue weighted by atomic mass is 10.1. The molecular weight excluding hydrogens is 290 g/mol. The molecule has 122 valence electrons. The predicted octanol–water partition coefficient (Wildman–Crippen LogP) is 3.78. The van der Waals surface area contributed by atoms with Crippen molar-refractivity contribution < 1.29 is 9.53 Å². The lowest BCUT2D eigenvalue weighted by molar-refractivity contribution is 0.168. The predicted molar refractivity (Wildman–Crippen MR) is 94.8 cm³/mol. The molecule has 0 bridgehead atoms. The van der Waals surface area contributed by atoms with Crippen LogP contribution in [0.25, 0.3) is 0 Å². The molecule has 0 radical (unpaired) electrons. The normalized spacial score (nSPS) is 10.2. The number of rotatable bonds is 5. The first-order chi connectivity index (χ1) is 11.0. The Hall–Kier alpha value is -2.69. The van der Waals surface area contributed by atoms with Gasteiger partial charge in [-0.05, 0) is 37.1 Å². The van der Waals surface area contributed by atoms with Crippen LogP contribution in [0.5, 0.6) is 0 Å². The van der Waals surface area contributed by atoms with Gasteiger partial charge in [-0.1, -0.05) is 30.3 Å². The molecule has 0 saturated carbocycles. The number of hydrogen-bond acceptors (Lipinski definition) is 4. The summed E-state index contributed by atoms with van der Waals surface area (Å²) in [5, 5.41) is 2.66. The van der Waals surface area contributed by atoms with Crippen molar-refractivity contribution in [1.29, 1.82) is 0 Å². The maximum Gasteiger partial charge on any atom is 0.411 e. The fourth-order valence-corrected chi connectivity index (χ4v) is 2.46. The molecule has 0 saturated heterocycles. The summed E-state index contributed by atoms with van der Waals surface area (Å²) in [6.45, 7) is 4.81. The fourth-order valence-electron chi connectivity index (χ4n) is 2.46. The minimum atomic E-state index is -0.496. The Morgan fingerprint density at radius 3 is 2.57 bits per heavy atom. The minimum absolute atomic E-state index is 0.322. The molecule has 5 nitrogen and oxygen atoms in total. The largest absolute Gasteiger partial charge is 0.450 e. The van der Waals surface area contributed by atoms with E-state index in [1.807, 2.05) is 38.2 Å². The van der Waals surface area contributed by atoms with Crippen molar-refractivity contribution in [3.8, 4) is 0 Å². The standard InChI is InChI=1S/C18H23N3O2/c1-4-23-18(22)20-15-10-11-16(13(2)17(15)19)21(3)12-14-8-6-5-7-9-14/h5-11H,4,12,19H2,1-3H3,(H,20,22). The Labute approximate surface area is 137 Å². The Balaban J connectivity index is 2.17. The van der Waals surface area contributed by atoms with Gasteiger partial charge in [0.1, 0.15) is 0 Å². The van der Waals surface area contributed by atoms with Crippen LogP contribution in [0.2, 0.25) is 0 Å². The molecule has 5 heteroatoms. The number of carbonyl (C=O) groups is 1. The Morgan fingerprint density at radius 2 is 1.91 bits per heavy atom. The van der Waals surface area contributed by atoms with E-state index in [1.165, 1.54) is 5.56 Å². The summed E-state index contributed by atoms with van der Waals surface area (Å²) >= 11 is 0. The molecular formula is C18H23N3O2. The second-order valence-corrected chi connectivity index (χ2v) is 5.36.